The van der Waals surface area contributed by atoms with Crippen molar-refractivity contribution < 1.29 is 0 Å². The van der Waals surface area contributed by atoms with Gasteiger partial charge in [0, 0.05) is 32.3 Å². The normalized spacial score (nSPS) is 21.4. The number of nitrogens with zero attached hydrogens (tertiary/aromatic N) is 3. The van der Waals surface area contributed by atoms with E-state index in [1.165, 1.54) is 16.8 Å². The molecule has 1 aromatic carbocycles. The largest absolute Gasteiger partial charge is 0.341 e. The Morgan fingerprint density at radius 2 is 1.83 bits per heavy atom. The molecule has 2 aliphatic rings. The van der Waals surface area contributed by atoms with Crippen molar-refractivity contribution in [3.63, 3.8) is 0 Å². The van der Waals surface area contributed by atoms with Crippen LogP contribution in [-0.2, 0) is 6.54 Å². The van der Waals surface area contributed by atoms with E-state index >= 15 is 0 Å². The Morgan fingerprint density at radius 1 is 1.09 bits per heavy atom. The number of aliphatic imine (C=N–C) groups is 1. The minimum absolute atomic E-state index is 0.138. The molecule has 0 bridgehead atoms. The number of hydrogen-bond acceptors (Lipinski definition) is 5. The van der Waals surface area contributed by atoms with Crippen LogP contribution in [-0.4, -0.2) is 56.2 Å². The van der Waals surface area contributed by atoms with E-state index in [0.717, 1.165) is 38.4 Å². The summed E-state index contributed by atoms with van der Waals surface area (Å²) in [6.07, 6.45) is 2.24. The molecule has 124 valence electrons. The quantitative estimate of drug-likeness (QED) is 0.890. The molecule has 0 spiro atoms. The van der Waals surface area contributed by atoms with E-state index in [1.807, 2.05) is 0 Å². The topological polar surface area (TPSA) is 42.9 Å². The van der Waals surface area contributed by atoms with Crippen LogP contribution in [0.15, 0.2) is 46.6 Å². The molecule has 0 saturated carbocycles. The first-order chi connectivity index (χ1) is 11.1. The van der Waals surface area contributed by atoms with Gasteiger partial charge in [-0.25, -0.2) is 4.99 Å². The number of rotatable bonds is 3. The first-order valence-electron chi connectivity index (χ1n) is 8.34. The molecule has 2 heterocycles. The molecule has 5 heteroatoms. The molecule has 2 N–H and O–H groups in total. The molecule has 0 amide bonds. The van der Waals surface area contributed by atoms with Crippen molar-refractivity contribution >= 4 is 5.96 Å². The fraction of sp³-hybridized carbons (Fsp3) is 0.500. The predicted octanol–water partition coefficient (Wildman–Crippen LogP) is 1.60. The zero-order valence-corrected chi connectivity index (χ0v) is 14.3. The second kappa shape index (κ2) is 7.15. The molecular weight excluding hydrogens is 286 g/mol. The molecular formula is C18H27N5. The summed E-state index contributed by atoms with van der Waals surface area (Å²) in [5, 5.41) is 7.07. The average Bonchev–Trinajstić information content (AvgIpc) is 2.79. The highest BCUT2D eigenvalue weighted by Gasteiger charge is 2.27. The molecule has 5 nitrogen and oxygen atoms in total. The Balaban J connectivity index is 1.79. The van der Waals surface area contributed by atoms with Crippen molar-refractivity contribution in [3.05, 3.63) is 47.2 Å². The third-order valence-corrected chi connectivity index (χ3v) is 4.44. The minimum Gasteiger partial charge on any atom is -0.341 e. The summed E-state index contributed by atoms with van der Waals surface area (Å²) in [5.41, 5.74) is 4.07. The molecule has 0 radical (unpaired) electrons. The number of nitrogens with one attached hydrogen (secondary N) is 2. The van der Waals surface area contributed by atoms with Gasteiger partial charge < -0.3 is 15.5 Å². The predicted molar refractivity (Wildman–Crippen MR) is 95.1 cm³/mol. The molecule has 1 atom stereocenters. The van der Waals surface area contributed by atoms with E-state index in [0.29, 0.717) is 0 Å². The van der Waals surface area contributed by atoms with E-state index in [1.54, 1.807) is 0 Å². The van der Waals surface area contributed by atoms with Gasteiger partial charge in [-0.05, 0) is 38.2 Å². The maximum Gasteiger partial charge on any atom is 0.200 e. The van der Waals surface area contributed by atoms with Crippen LogP contribution in [0.1, 0.15) is 18.4 Å². The van der Waals surface area contributed by atoms with Crippen LogP contribution in [0.25, 0.3) is 0 Å². The Hall–Kier alpha value is -1.85. The highest BCUT2D eigenvalue weighted by molar-refractivity contribution is 5.83. The molecule has 0 fully saturated rings. The van der Waals surface area contributed by atoms with E-state index in [-0.39, 0.29) is 6.17 Å². The van der Waals surface area contributed by atoms with Crippen LogP contribution in [0, 0.1) is 0 Å². The fourth-order valence-corrected chi connectivity index (χ4v) is 3.21. The highest BCUT2D eigenvalue weighted by atomic mass is 15.3. The van der Waals surface area contributed by atoms with Crippen LogP contribution in [0.2, 0.25) is 0 Å². The first kappa shape index (κ1) is 16.0. The molecule has 1 aromatic rings. The lowest BCUT2D eigenvalue weighted by atomic mass is 10.0. The van der Waals surface area contributed by atoms with Gasteiger partial charge in [0.2, 0.25) is 0 Å². The number of likely N-dealkylation sites (N-methyl/N-ethyl adjacent to an activating group) is 1. The van der Waals surface area contributed by atoms with Gasteiger partial charge in [0.1, 0.15) is 6.17 Å². The van der Waals surface area contributed by atoms with Gasteiger partial charge in [0.25, 0.3) is 0 Å². The summed E-state index contributed by atoms with van der Waals surface area (Å²) in [7, 11) is 6.32. The van der Waals surface area contributed by atoms with E-state index in [2.05, 4.69) is 71.9 Å². The van der Waals surface area contributed by atoms with E-state index < -0.39 is 0 Å². The van der Waals surface area contributed by atoms with Crippen LogP contribution in [0.4, 0.5) is 0 Å². The van der Waals surface area contributed by atoms with Gasteiger partial charge in [-0.15, -0.1) is 0 Å². The Morgan fingerprint density at radius 3 is 2.57 bits per heavy atom. The smallest absolute Gasteiger partial charge is 0.200 e. The summed E-state index contributed by atoms with van der Waals surface area (Å²) in [4.78, 5) is 9.38. The second-order valence-corrected chi connectivity index (χ2v) is 6.51. The third-order valence-electron chi connectivity index (χ3n) is 4.44. The first-order valence-corrected chi connectivity index (χ1v) is 8.34. The lowest BCUT2D eigenvalue weighted by molar-refractivity contribution is 0.319. The van der Waals surface area contributed by atoms with Crippen molar-refractivity contribution in [2.75, 3.05) is 34.2 Å². The summed E-state index contributed by atoms with van der Waals surface area (Å²) < 4.78 is 0. The fourth-order valence-electron chi connectivity index (χ4n) is 3.21. The second-order valence-electron chi connectivity index (χ2n) is 6.51. The van der Waals surface area contributed by atoms with Gasteiger partial charge in [-0.2, -0.15) is 0 Å². The molecule has 0 aromatic heterocycles. The summed E-state index contributed by atoms with van der Waals surface area (Å²) in [5.74, 6) is 0.966. The summed E-state index contributed by atoms with van der Waals surface area (Å²) in [6, 6.07) is 10.5. The SMILES string of the molecule is CN(Cc1ccccc1)C1=NC(N(C)C)C2=C(CCNCC2)N1. The van der Waals surface area contributed by atoms with Crippen LogP contribution in [0.3, 0.4) is 0 Å². The molecule has 0 aliphatic carbocycles. The molecule has 3 rings (SSSR count). The lowest BCUT2D eigenvalue weighted by Crippen LogP contribution is -2.46. The van der Waals surface area contributed by atoms with Gasteiger partial charge in [-0.3, -0.25) is 4.90 Å². The monoisotopic (exact) mass is 313 g/mol. The van der Waals surface area contributed by atoms with Crippen molar-refractivity contribution in [3.8, 4) is 0 Å². The molecule has 2 aliphatic heterocycles. The van der Waals surface area contributed by atoms with E-state index in [9.17, 15) is 0 Å². The summed E-state index contributed by atoms with van der Waals surface area (Å²) in [6.45, 7) is 2.92. The van der Waals surface area contributed by atoms with Crippen LogP contribution >= 0.6 is 0 Å². The Labute approximate surface area is 139 Å². The van der Waals surface area contributed by atoms with Gasteiger partial charge in [-0.1, -0.05) is 30.3 Å². The number of hydrogen-bond donors (Lipinski definition) is 2. The standard InChI is InChI=1S/C18H27N5/c1-22(2)17-15-9-11-19-12-10-16(15)20-18(21-17)23(3)13-14-7-5-4-6-8-14/h4-8,17,19H,9-13H2,1-3H3,(H,20,21). The maximum atomic E-state index is 4.98. The van der Waals surface area contributed by atoms with Gasteiger partial charge in [0.15, 0.2) is 5.96 Å². The van der Waals surface area contributed by atoms with Crippen LogP contribution < -0.4 is 10.6 Å². The van der Waals surface area contributed by atoms with Crippen molar-refractivity contribution in [1.29, 1.82) is 0 Å². The maximum absolute atomic E-state index is 4.98. The van der Waals surface area contributed by atoms with Crippen molar-refractivity contribution in [2.45, 2.75) is 25.6 Å². The van der Waals surface area contributed by atoms with Gasteiger partial charge >= 0.3 is 0 Å². The summed E-state index contributed by atoms with van der Waals surface area (Å²) >= 11 is 0. The van der Waals surface area contributed by atoms with Gasteiger partial charge in [0.05, 0.1) is 0 Å². The molecule has 1 unspecified atom stereocenters. The average molecular weight is 313 g/mol. The Kier molecular flexibility index (Phi) is 4.98. The zero-order valence-electron chi connectivity index (χ0n) is 14.3. The van der Waals surface area contributed by atoms with Crippen molar-refractivity contribution in [1.82, 2.24) is 20.4 Å². The number of guanidine groups is 1. The third kappa shape index (κ3) is 3.74. The molecule has 23 heavy (non-hydrogen) atoms. The number of benzene rings is 1. The zero-order chi connectivity index (χ0) is 16.2. The molecule has 0 saturated heterocycles. The highest BCUT2D eigenvalue weighted by Crippen LogP contribution is 2.24. The van der Waals surface area contributed by atoms with Crippen LogP contribution in [0.5, 0.6) is 0 Å². The minimum atomic E-state index is 0.138. The lowest BCUT2D eigenvalue weighted by Gasteiger charge is -2.34. The Bertz CT molecular complexity index is 591. The van der Waals surface area contributed by atoms with Crippen molar-refractivity contribution in [2.24, 2.45) is 4.99 Å². The van der Waals surface area contributed by atoms with E-state index in [4.69, 9.17) is 4.99 Å².